The minimum absolute atomic E-state index is 0.101. The Morgan fingerprint density at radius 3 is 2.68 bits per heavy atom. The zero-order valence-corrected chi connectivity index (χ0v) is 16.4. The fraction of sp³-hybridized carbons (Fsp3) is 0.348. The minimum Gasteiger partial charge on any atom is -0.378 e. The van der Waals surface area contributed by atoms with Crippen LogP contribution in [0.25, 0.3) is 0 Å². The molecule has 3 atom stereocenters. The summed E-state index contributed by atoms with van der Waals surface area (Å²) in [6.45, 7) is 2.57. The second kappa shape index (κ2) is 7.26. The van der Waals surface area contributed by atoms with Gasteiger partial charge in [-0.15, -0.1) is 0 Å². The molecular weight excluding hydrogens is 372 g/mol. The van der Waals surface area contributed by atoms with E-state index < -0.39 is 0 Å². The van der Waals surface area contributed by atoms with Gasteiger partial charge in [-0.1, -0.05) is 35.9 Å². The molecule has 0 saturated carbocycles. The van der Waals surface area contributed by atoms with Gasteiger partial charge < -0.3 is 15.0 Å². The van der Waals surface area contributed by atoms with Crippen molar-refractivity contribution in [2.75, 3.05) is 31.6 Å². The molecule has 0 radical (unpaired) electrons. The smallest absolute Gasteiger partial charge is 0.254 e. The molecule has 28 heavy (non-hydrogen) atoms. The largest absolute Gasteiger partial charge is 0.378 e. The number of benzene rings is 2. The summed E-state index contributed by atoms with van der Waals surface area (Å²) in [6.07, 6.45) is 5.60. The van der Waals surface area contributed by atoms with Crippen LogP contribution in [0.15, 0.2) is 54.6 Å². The number of nitrogens with one attached hydrogen (secondary N) is 1. The van der Waals surface area contributed by atoms with E-state index in [1.165, 1.54) is 11.1 Å². The van der Waals surface area contributed by atoms with E-state index in [2.05, 4.69) is 41.7 Å². The molecule has 144 valence electrons. The van der Waals surface area contributed by atoms with Crippen LogP contribution < -0.4 is 5.32 Å². The van der Waals surface area contributed by atoms with Crippen molar-refractivity contribution in [2.45, 2.75) is 18.4 Å². The lowest BCUT2D eigenvalue weighted by molar-refractivity contribution is 0.0303. The van der Waals surface area contributed by atoms with Crippen molar-refractivity contribution in [1.29, 1.82) is 0 Å². The van der Waals surface area contributed by atoms with E-state index in [-0.39, 0.29) is 11.9 Å². The van der Waals surface area contributed by atoms with E-state index >= 15 is 0 Å². The zero-order valence-electron chi connectivity index (χ0n) is 15.6. The number of fused-ring (bicyclic) bond motifs is 3. The Morgan fingerprint density at radius 1 is 1.11 bits per heavy atom. The predicted octanol–water partition coefficient (Wildman–Crippen LogP) is 4.64. The first-order valence-corrected chi connectivity index (χ1v) is 10.3. The van der Waals surface area contributed by atoms with Crippen molar-refractivity contribution in [2.24, 2.45) is 5.92 Å². The molecule has 0 aromatic heterocycles. The molecule has 3 aliphatic rings. The average Bonchev–Trinajstić information content (AvgIpc) is 3.24. The Kier molecular flexibility index (Phi) is 4.61. The van der Waals surface area contributed by atoms with Crippen molar-refractivity contribution >= 4 is 23.2 Å². The molecule has 3 unspecified atom stereocenters. The van der Waals surface area contributed by atoms with Crippen LogP contribution in [0.2, 0.25) is 5.02 Å². The lowest BCUT2D eigenvalue weighted by atomic mass is 9.76. The summed E-state index contributed by atoms with van der Waals surface area (Å²) in [5.41, 5.74) is 4.36. The first-order chi connectivity index (χ1) is 13.7. The Labute approximate surface area is 170 Å². The van der Waals surface area contributed by atoms with Gasteiger partial charge in [0.05, 0.1) is 19.3 Å². The summed E-state index contributed by atoms with van der Waals surface area (Å²) in [4.78, 5) is 14.8. The number of ether oxygens (including phenoxy) is 1. The molecule has 2 aliphatic heterocycles. The number of anilines is 1. The summed E-state index contributed by atoms with van der Waals surface area (Å²) < 4.78 is 5.37. The van der Waals surface area contributed by atoms with Gasteiger partial charge in [-0.3, -0.25) is 4.79 Å². The summed E-state index contributed by atoms with van der Waals surface area (Å²) >= 11 is 6.08. The maximum Gasteiger partial charge on any atom is 0.254 e. The second-order valence-electron chi connectivity index (χ2n) is 7.73. The number of nitrogens with zero attached hydrogens (tertiary/aromatic N) is 1. The molecule has 5 rings (SSSR count). The number of allylic oxidation sites excluding steroid dienone is 2. The molecule has 5 heteroatoms. The molecule has 1 fully saturated rings. The highest BCUT2D eigenvalue weighted by Gasteiger charge is 2.38. The number of carbonyl (C=O) groups is 1. The highest BCUT2D eigenvalue weighted by molar-refractivity contribution is 6.30. The van der Waals surface area contributed by atoms with Crippen molar-refractivity contribution in [3.63, 3.8) is 0 Å². The van der Waals surface area contributed by atoms with Crippen LogP contribution in [0.1, 0.15) is 39.9 Å². The van der Waals surface area contributed by atoms with Gasteiger partial charge in [-0.05, 0) is 53.8 Å². The number of carbonyl (C=O) groups excluding carboxylic acids is 1. The molecular formula is C23H23ClN2O2. The topological polar surface area (TPSA) is 41.6 Å². The normalized spacial score (nSPS) is 25.8. The average molecular weight is 395 g/mol. The maximum absolute atomic E-state index is 12.9. The van der Waals surface area contributed by atoms with Crippen LogP contribution in [-0.4, -0.2) is 37.1 Å². The standard InChI is InChI=1S/C23H23ClN2O2/c24-17-7-4-15(5-8-17)22-19-3-1-2-18(19)20-14-16(6-9-21(20)25-22)23(27)26-10-12-28-13-11-26/h1-2,4-9,14,18-19,22,25H,3,10-13H2. The Bertz CT molecular complexity index is 919. The van der Waals surface area contributed by atoms with Crippen LogP contribution in [0.5, 0.6) is 0 Å². The molecule has 1 amide bonds. The van der Waals surface area contributed by atoms with Crippen LogP contribution in [0.4, 0.5) is 5.69 Å². The number of amides is 1. The van der Waals surface area contributed by atoms with Crippen molar-refractivity contribution in [1.82, 2.24) is 4.90 Å². The quantitative estimate of drug-likeness (QED) is 0.754. The van der Waals surface area contributed by atoms with Crippen LogP contribution in [0, 0.1) is 5.92 Å². The van der Waals surface area contributed by atoms with E-state index in [0.29, 0.717) is 38.1 Å². The van der Waals surface area contributed by atoms with Crippen molar-refractivity contribution in [3.05, 3.63) is 76.3 Å². The molecule has 4 nitrogen and oxygen atoms in total. The molecule has 1 aliphatic carbocycles. The van der Waals surface area contributed by atoms with Crippen molar-refractivity contribution < 1.29 is 9.53 Å². The predicted molar refractivity (Wildman–Crippen MR) is 111 cm³/mol. The van der Waals surface area contributed by atoms with Gasteiger partial charge in [0.1, 0.15) is 0 Å². The highest BCUT2D eigenvalue weighted by atomic mass is 35.5. The van der Waals surface area contributed by atoms with E-state index in [9.17, 15) is 4.79 Å². The highest BCUT2D eigenvalue weighted by Crippen LogP contribution is 2.50. The molecule has 2 aromatic rings. The molecule has 1 saturated heterocycles. The van der Waals surface area contributed by atoms with E-state index in [1.807, 2.05) is 23.1 Å². The van der Waals surface area contributed by atoms with Gasteiger partial charge in [0.15, 0.2) is 0 Å². The Balaban J connectivity index is 1.47. The summed E-state index contributed by atoms with van der Waals surface area (Å²) in [6, 6.07) is 14.5. The fourth-order valence-electron chi connectivity index (χ4n) is 4.68. The summed E-state index contributed by atoms with van der Waals surface area (Å²) in [5.74, 6) is 0.876. The monoisotopic (exact) mass is 394 g/mol. The van der Waals surface area contributed by atoms with Gasteiger partial charge in [0.2, 0.25) is 0 Å². The van der Waals surface area contributed by atoms with Gasteiger partial charge in [0.25, 0.3) is 5.91 Å². The lowest BCUT2D eigenvalue weighted by Gasteiger charge is -2.38. The van der Waals surface area contributed by atoms with Crippen LogP contribution in [-0.2, 0) is 4.74 Å². The first-order valence-electron chi connectivity index (χ1n) is 9.90. The zero-order chi connectivity index (χ0) is 19.1. The number of hydrogen-bond acceptors (Lipinski definition) is 3. The third kappa shape index (κ3) is 3.11. The minimum atomic E-state index is 0.101. The van der Waals surface area contributed by atoms with E-state index in [4.69, 9.17) is 16.3 Å². The summed E-state index contributed by atoms with van der Waals surface area (Å²) in [5, 5.41) is 4.48. The Hall–Kier alpha value is -2.30. The molecule has 0 spiro atoms. The van der Waals surface area contributed by atoms with E-state index in [0.717, 1.165) is 22.7 Å². The van der Waals surface area contributed by atoms with E-state index in [1.54, 1.807) is 0 Å². The van der Waals surface area contributed by atoms with Gasteiger partial charge in [-0.2, -0.15) is 0 Å². The molecule has 2 aromatic carbocycles. The molecule has 1 N–H and O–H groups in total. The Morgan fingerprint density at radius 2 is 1.89 bits per heavy atom. The fourth-order valence-corrected chi connectivity index (χ4v) is 4.80. The number of hydrogen-bond donors (Lipinski definition) is 1. The second-order valence-corrected chi connectivity index (χ2v) is 8.17. The third-order valence-corrected chi connectivity index (χ3v) is 6.39. The van der Waals surface area contributed by atoms with Crippen LogP contribution in [0.3, 0.4) is 0 Å². The van der Waals surface area contributed by atoms with Crippen LogP contribution >= 0.6 is 11.6 Å². The molecule has 0 bridgehead atoms. The first kappa shape index (κ1) is 17.8. The third-order valence-electron chi connectivity index (χ3n) is 6.14. The number of morpholine rings is 1. The summed E-state index contributed by atoms with van der Waals surface area (Å²) in [7, 11) is 0. The SMILES string of the molecule is O=C(c1ccc2c(c1)C1C=CCC1C(c1ccc(Cl)cc1)N2)N1CCOCC1. The van der Waals surface area contributed by atoms with Crippen molar-refractivity contribution in [3.8, 4) is 0 Å². The lowest BCUT2D eigenvalue weighted by Crippen LogP contribution is -2.40. The van der Waals surface area contributed by atoms with Gasteiger partial charge in [-0.25, -0.2) is 0 Å². The number of rotatable bonds is 2. The van der Waals surface area contributed by atoms with Gasteiger partial charge >= 0.3 is 0 Å². The van der Waals surface area contributed by atoms with Gasteiger partial charge in [0, 0.05) is 35.3 Å². The maximum atomic E-state index is 12.9. The number of halogens is 1. The molecule has 2 heterocycles.